The molecule has 0 aromatic carbocycles. The van der Waals surface area contributed by atoms with Gasteiger partial charge in [0, 0.05) is 31.5 Å². The summed E-state index contributed by atoms with van der Waals surface area (Å²) in [4.78, 5) is 23.1. The average Bonchev–Trinajstić information content (AvgIpc) is 2.54. The second-order valence-electron chi connectivity index (χ2n) is 6.46. The first-order valence-corrected chi connectivity index (χ1v) is 8.48. The second kappa shape index (κ2) is 8.11. The van der Waals surface area contributed by atoms with E-state index in [4.69, 9.17) is 0 Å². The van der Waals surface area contributed by atoms with Crippen LogP contribution in [0.4, 0.5) is 5.95 Å². The van der Waals surface area contributed by atoms with Crippen LogP contribution in [0, 0.1) is 5.92 Å². The Morgan fingerprint density at radius 2 is 2.09 bits per heavy atom. The molecule has 1 aliphatic heterocycles. The molecule has 5 nitrogen and oxygen atoms in total. The van der Waals surface area contributed by atoms with Gasteiger partial charge in [0.25, 0.3) is 5.91 Å². The lowest BCUT2D eigenvalue weighted by Gasteiger charge is -2.35. The summed E-state index contributed by atoms with van der Waals surface area (Å²) >= 11 is 0. The van der Waals surface area contributed by atoms with Crippen molar-refractivity contribution in [2.45, 2.75) is 58.9 Å². The summed E-state index contributed by atoms with van der Waals surface area (Å²) in [5.41, 5.74) is 0.539. The van der Waals surface area contributed by atoms with Gasteiger partial charge in [-0.2, -0.15) is 0 Å². The zero-order valence-electron chi connectivity index (χ0n) is 14.0. The third-order valence-corrected chi connectivity index (χ3v) is 4.26. The quantitative estimate of drug-likeness (QED) is 0.877. The summed E-state index contributed by atoms with van der Waals surface area (Å²) in [5, 5.41) is 2.92. The van der Waals surface area contributed by atoms with E-state index in [1.165, 1.54) is 19.3 Å². The molecule has 1 aromatic rings. The van der Waals surface area contributed by atoms with Crippen LogP contribution in [0.15, 0.2) is 12.4 Å². The van der Waals surface area contributed by atoms with Gasteiger partial charge >= 0.3 is 0 Å². The molecule has 1 aliphatic rings. The first-order chi connectivity index (χ1) is 10.6. The molecule has 5 heteroatoms. The normalized spacial score (nSPS) is 18.5. The van der Waals surface area contributed by atoms with Gasteiger partial charge < -0.3 is 10.2 Å². The van der Waals surface area contributed by atoms with Gasteiger partial charge in [-0.3, -0.25) is 4.79 Å². The molecule has 0 bridgehead atoms. The molecule has 0 spiro atoms. The van der Waals surface area contributed by atoms with Crippen molar-refractivity contribution in [3.05, 3.63) is 18.0 Å². The lowest BCUT2D eigenvalue weighted by atomic mass is 10.0. The number of anilines is 1. The van der Waals surface area contributed by atoms with Crippen molar-refractivity contribution in [2.75, 3.05) is 18.0 Å². The summed E-state index contributed by atoms with van der Waals surface area (Å²) in [7, 11) is 0. The Morgan fingerprint density at radius 1 is 1.36 bits per heavy atom. The van der Waals surface area contributed by atoms with Crippen molar-refractivity contribution in [2.24, 2.45) is 5.92 Å². The summed E-state index contributed by atoms with van der Waals surface area (Å²) in [5.74, 6) is 1.26. The zero-order chi connectivity index (χ0) is 15.9. The van der Waals surface area contributed by atoms with Gasteiger partial charge in [0.1, 0.15) is 0 Å². The minimum Gasteiger partial charge on any atom is -0.352 e. The van der Waals surface area contributed by atoms with E-state index < -0.39 is 0 Å². The molecule has 1 atom stereocenters. The maximum absolute atomic E-state index is 12.0. The molecule has 122 valence electrons. The first kappa shape index (κ1) is 16.7. The largest absolute Gasteiger partial charge is 0.352 e. The van der Waals surface area contributed by atoms with Gasteiger partial charge in [-0.1, -0.05) is 20.8 Å². The number of carbonyl (C=O) groups excluding carboxylic acids is 1. The number of rotatable bonds is 6. The molecule has 1 unspecified atom stereocenters. The van der Waals surface area contributed by atoms with E-state index in [0.717, 1.165) is 25.3 Å². The molecule has 0 aliphatic carbocycles. The van der Waals surface area contributed by atoms with Gasteiger partial charge in [0.15, 0.2) is 0 Å². The molecule has 2 rings (SSSR count). The van der Waals surface area contributed by atoms with Gasteiger partial charge in [0.05, 0.1) is 5.56 Å². The molecule has 1 saturated heterocycles. The summed E-state index contributed by atoms with van der Waals surface area (Å²) in [6.07, 6.45) is 9.07. The summed E-state index contributed by atoms with van der Waals surface area (Å²) < 4.78 is 0. The zero-order valence-corrected chi connectivity index (χ0v) is 14.0. The minimum absolute atomic E-state index is 0.0853. The van der Waals surface area contributed by atoms with Crippen LogP contribution in [0.2, 0.25) is 0 Å². The molecule has 22 heavy (non-hydrogen) atoms. The summed E-state index contributed by atoms with van der Waals surface area (Å²) in [6.45, 7) is 8.21. The van der Waals surface area contributed by atoms with E-state index >= 15 is 0 Å². The fourth-order valence-corrected chi connectivity index (χ4v) is 2.85. The lowest BCUT2D eigenvalue weighted by Crippen LogP contribution is -2.40. The fraction of sp³-hybridized carbons (Fsp3) is 0.706. The van der Waals surface area contributed by atoms with Crippen molar-refractivity contribution in [1.82, 2.24) is 15.3 Å². The van der Waals surface area contributed by atoms with Crippen molar-refractivity contribution in [3.8, 4) is 0 Å². The highest BCUT2D eigenvalue weighted by Crippen LogP contribution is 2.23. The standard InChI is InChI=1S/C17H28N4O/c1-4-15-7-5-6-10-21(15)17-19-11-14(12-20-17)16(22)18-9-8-13(2)3/h11-13,15H,4-10H2,1-3H3,(H,18,22). The van der Waals surface area contributed by atoms with Crippen LogP contribution in [0.25, 0.3) is 0 Å². The van der Waals surface area contributed by atoms with Crippen molar-refractivity contribution >= 4 is 11.9 Å². The number of nitrogens with zero attached hydrogens (tertiary/aromatic N) is 3. The summed E-state index contributed by atoms with van der Waals surface area (Å²) in [6, 6.07) is 0.527. The van der Waals surface area contributed by atoms with Crippen LogP contribution in [0.5, 0.6) is 0 Å². The molecule has 1 N–H and O–H groups in total. The number of carbonyl (C=O) groups is 1. The average molecular weight is 304 g/mol. The lowest BCUT2D eigenvalue weighted by molar-refractivity contribution is 0.0951. The number of piperidine rings is 1. The Morgan fingerprint density at radius 3 is 2.73 bits per heavy atom. The Labute approximate surface area is 133 Å². The Kier molecular flexibility index (Phi) is 6.16. The molecular formula is C17H28N4O. The number of nitrogens with one attached hydrogen (secondary N) is 1. The van der Waals surface area contributed by atoms with Crippen LogP contribution in [-0.4, -0.2) is 35.0 Å². The van der Waals surface area contributed by atoms with Crippen LogP contribution in [-0.2, 0) is 0 Å². The third-order valence-electron chi connectivity index (χ3n) is 4.26. The highest BCUT2D eigenvalue weighted by atomic mass is 16.1. The van der Waals surface area contributed by atoms with E-state index in [-0.39, 0.29) is 5.91 Å². The van der Waals surface area contributed by atoms with Gasteiger partial charge in [-0.25, -0.2) is 9.97 Å². The number of aromatic nitrogens is 2. The monoisotopic (exact) mass is 304 g/mol. The predicted molar refractivity (Wildman–Crippen MR) is 89.1 cm³/mol. The highest BCUT2D eigenvalue weighted by Gasteiger charge is 2.23. The SMILES string of the molecule is CCC1CCCCN1c1ncc(C(=O)NCCC(C)C)cn1. The van der Waals surface area contributed by atoms with E-state index in [9.17, 15) is 4.79 Å². The number of hydrogen-bond acceptors (Lipinski definition) is 4. The molecule has 2 heterocycles. The number of hydrogen-bond donors (Lipinski definition) is 1. The van der Waals surface area contributed by atoms with Crippen molar-refractivity contribution in [1.29, 1.82) is 0 Å². The molecule has 1 fully saturated rings. The Balaban J connectivity index is 1.95. The maximum atomic E-state index is 12.0. The highest BCUT2D eigenvalue weighted by molar-refractivity contribution is 5.93. The Bertz CT molecular complexity index is 472. The van der Waals surface area contributed by atoms with Crippen LogP contribution >= 0.6 is 0 Å². The Hall–Kier alpha value is -1.65. The smallest absolute Gasteiger partial charge is 0.254 e. The molecular weight excluding hydrogens is 276 g/mol. The molecule has 0 radical (unpaired) electrons. The van der Waals surface area contributed by atoms with E-state index in [1.54, 1.807) is 12.4 Å². The minimum atomic E-state index is -0.0853. The van der Waals surface area contributed by atoms with E-state index in [1.807, 2.05) is 0 Å². The van der Waals surface area contributed by atoms with Crippen LogP contribution in [0.3, 0.4) is 0 Å². The topological polar surface area (TPSA) is 58.1 Å². The third kappa shape index (κ3) is 4.42. The second-order valence-corrected chi connectivity index (χ2v) is 6.46. The van der Waals surface area contributed by atoms with Gasteiger partial charge in [0.2, 0.25) is 5.95 Å². The van der Waals surface area contributed by atoms with Crippen molar-refractivity contribution < 1.29 is 4.79 Å². The van der Waals surface area contributed by atoms with Gasteiger partial charge in [-0.15, -0.1) is 0 Å². The van der Waals surface area contributed by atoms with Crippen LogP contribution in [0.1, 0.15) is 63.2 Å². The first-order valence-electron chi connectivity index (χ1n) is 8.48. The van der Waals surface area contributed by atoms with Crippen molar-refractivity contribution in [3.63, 3.8) is 0 Å². The fourth-order valence-electron chi connectivity index (χ4n) is 2.85. The van der Waals surface area contributed by atoms with Gasteiger partial charge in [-0.05, 0) is 38.0 Å². The molecule has 1 amide bonds. The number of amides is 1. The van der Waals surface area contributed by atoms with E-state index in [0.29, 0.717) is 24.1 Å². The van der Waals surface area contributed by atoms with E-state index in [2.05, 4.69) is 41.0 Å². The van der Waals surface area contributed by atoms with Crippen LogP contribution < -0.4 is 10.2 Å². The maximum Gasteiger partial charge on any atom is 0.254 e. The molecule has 1 aromatic heterocycles. The predicted octanol–water partition coefficient (Wildman–Crippen LogP) is 3.02. The molecule has 0 saturated carbocycles.